The Labute approximate surface area is 422 Å². The number of ether oxygens (including phenoxy) is 4. The summed E-state index contributed by atoms with van der Waals surface area (Å²) in [6.45, 7) is 4.37. The smallest absolute Gasteiger partial charge is 0.430 e. The molecule has 2 saturated heterocycles. The van der Waals surface area contributed by atoms with Crippen molar-refractivity contribution >= 4 is 51.1 Å². The number of carbonyl (C=O) groups is 2. The largest absolute Gasteiger partial charge is 2.00 e. The van der Waals surface area contributed by atoms with Crippen LogP contribution in [0, 0.1) is 0 Å². The molecule has 6 aromatic heterocycles. The molecule has 382 valence electrons. The van der Waals surface area contributed by atoms with E-state index in [1.54, 1.807) is 57.4 Å². The van der Waals surface area contributed by atoms with E-state index < -0.39 is 26.8 Å². The Hall–Kier alpha value is -8.31. The molecule has 8 aromatic rings. The third-order valence-corrected chi connectivity index (χ3v) is 8.60. The van der Waals surface area contributed by atoms with Gasteiger partial charge in [-0.25, -0.2) is 38.3 Å². The number of pyridine rings is 2. The Kier molecular flexibility index (Phi) is 22.4. The van der Waals surface area contributed by atoms with Gasteiger partial charge < -0.3 is 53.5 Å². The Morgan fingerprint density at radius 3 is 0.904 bits per heavy atom. The first-order valence-electron chi connectivity index (χ1n) is 21.3. The fourth-order valence-electron chi connectivity index (χ4n) is 5.67. The predicted molar refractivity (Wildman–Crippen MR) is 252 cm³/mol. The SMILES string of the molecule is C(=C\c1cc(-n2cccn2)nc(-n2cccn2)c1)/c1ccccc1.C(=C\c1cc(-n2cccn2)nc(-n2cccn2)c1)/c1ccccc1.C[C@H]1COC(=O)O1.C[C@H]1COC(=O)O1.F[B-](F)(F)F.F[B-](F)(F)F.[Fe+2]. The van der Waals surface area contributed by atoms with Crippen molar-refractivity contribution in [2.24, 2.45) is 0 Å². The molecule has 8 heterocycles. The molecule has 0 spiro atoms. The molecule has 2 fully saturated rings. The number of hydrogen-bond acceptors (Lipinski definition) is 12. The first-order chi connectivity index (χ1) is 34.3. The van der Waals surface area contributed by atoms with Crippen LogP contribution in [0.15, 0.2) is 159 Å². The Balaban J connectivity index is 0.000000218. The molecule has 0 bridgehead atoms. The van der Waals surface area contributed by atoms with Crippen LogP contribution < -0.4 is 0 Å². The average molecular weight is 1060 g/mol. The van der Waals surface area contributed by atoms with Gasteiger partial charge in [-0.05, 0) is 84.6 Å². The van der Waals surface area contributed by atoms with Gasteiger partial charge in [0.05, 0.1) is 0 Å². The summed E-state index contributed by atoms with van der Waals surface area (Å²) in [7, 11) is -12.0. The van der Waals surface area contributed by atoms with Crippen LogP contribution >= 0.6 is 0 Å². The predicted octanol–water partition coefficient (Wildman–Crippen LogP) is 10.9. The molecule has 0 N–H and O–H groups in total. The zero-order valence-corrected chi connectivity index (χ0v) is 39.4. The fourth-order valence-corrected chi connectivity index (χ4v) is 5.67. The summed E-state index contributed by atoms with van der Waals surface area (Å²) in [5, 5.41) is 17.1. The van der Waals surface area contributed by atoms with Crippen molar-refractivity contribution < 1.29 is 80.1 Å². The monoisotopic (exact) mass is 1060 g/mol. The maximum absolute atomic E-state index is 10.0. The Morgan fingerprint density at radius 2 is 0.712 bits per heavy atom. The Morgan fingerprint density at radius 1 is 0.452 bits per heavy atom. The van der Waals surface area contributed by atoms with Crippen LogP contribution in [0.3, 0.4) is 0 Å². The summed E-state index contributed by atoms with van der Waals surface area (Å²) in [5.74, 6) is 3.00. The number of benzene rings is 2. The van der Waals surface area contributed by atoms with Crippen LogP contribution in [-0.2, 0) is 36.0 Å². The van der Waals surface area contributed by atoms with E-state index in [4.69, 9.17) is 0 Å². The third kappa shape index (κ3) is 22.5. The zero-order chi connectivity index (χ0) is 51.9. The van der Waals surface area contributed by atoms with Crippen LogP contribution in [0.1, 0.15) is 36.1 Å². The number of nitrogens with zero attached hydrogens (tertiary/aromatic N) is 10. The molecule has 0 aliphatic carbocycles. The summed E-state index contributed by atoms with van der Waals surface area (Å²) in [6, 6.07) is 35.9. The van der Waals surface area contributed by atoms with Crippen molar-refractivity contribution in [3.8, 4) is 23.3 Å². The average Bonchev–Trinajstić information content (AvgIpc) is 4.21. The second-order valence-electron chi connectivity index (χ2n) is 14.5. The van der Waals surface area contributed by atoms with Gasteiger partial charge in [0.15, 0.2) is 23.3 Å². The number of halogens is 8. The van der Waals surface area contributed by atoms with Gasteiger partial charge in [0.25, 0.3) is 0 Å². The van der Waals surface area contributed by atoms with Crippen molar-refractivity contribution in [3.63, 3.8) is 0 Å². The molecule has 2 aliphatic rings. The van der Waals surface area contributed by atoms with Crippen molar-refractivity contribution in [1.29, 1.82) is 0 Å². The normalized spacial score (nSPS) is 14.6. The van der Waals surface area contributed by atoms with E-state index in [-0.39, 0.29) is 29.3 Å². The van der Waals surface area contributed by atoms with E-state index in [1.807, 2.05) is 110 Å². The van der Waals surface area contributed by atoms with E-state index in [0.29, 0.717) is 13.2 Å². The van der Waals surface area contributed by atoms with Crippen molar-refractivity contribution in [2.75, 3.05) is 13.2 Å². The van der Waals surface area contributed by atoms with E-state index in [2.05, 4.69) is 97.9 Å². The van der Waals surface area contributed by atoms with Crippen molar-refractivity contribution in [2.45, 2.75) is 26.1 Å². The molecule has 10 rings (SSSR count). The van der Waals surface area contributed by atoms with E-state index in [9.17, 15) is 44.1 Å². The molecule has 2 aliphatic heterocycles. The molecular weight excluding hydrogens is 1020 g/mol. The summed E-state index contributed by atoms with van der Waals surface area (Å²) >= 11 is 0. The summed E-state index contributed by atoms with van der Waals surface area (Å²) < 4.78 is 103. The maximum Gasteiger partial charge on any atom is 2.00 e. The fraction of sp³-hybridized carbons (Fsp3) is 0.130. The minimum Gasteiger partial charge on any atom is -0.430 e. The number of aromatic nitrogens is 10. The van der Waals surface area contributed by atoms with Gasteiger partial charge in [-0.15, -0.1) is 0 Å². The third-order valence-electron chi connectivity index (χ3n) is 8.60. The molecule has 2 atom stereocenters. The molecule has 27 heteroatoms. The standard InChI is InChI=1S/2C19H15N5.2C4H6O3.2BF4.Fe/c2*1-2-6-16(7-3-1)8-9-17-14-18(23-12-4-10-20-23)22-19(15-17)24-13-5-11-21-24;2*1-3-2-6-4(5)7-3;2*2-1(3,4)5;/h2*1-15H;2*3H,2H2,1H3;;;/q;;;;2*-1;+2/b2*9-8+;;;;;/t;;2*3-;;;/m..00.../s1. The summed E-state index contributed by atoms with van der Waals surface area (Å²) in [5.41, 5.74) is 4.36. The Bertz CT molecular complexity index is 2590. The molecule has 73 heavy (non-hydrogen) atoms. The summed E-state index contributed by atoms with van der Waals surface area (Å²) in [4.78, 5) is 29.3. The summed E-state index contributed by atoms with van der Waals surface area (Å²) in [6.07, 6.45) is 21.5. The molecule has 0 unspecified atom stereocenters. The topological polar surface area (TPSA) is 168 Å². The molecule has 0 saturated carbocycles. The first kappa shape index (κ1) is 57.3. The van der Waals surface area contributed by atoms with Crippen molar-refractivity contribution in [1.82, 2.24) is 49.1 Å². The number of cyclic esters (lactones) is 4. The van der Waals surface area contributed by atoms with Gasteiger partial charge in [-0.2, -0.15) is 20.4 Å². The minimum absolute atomic E-state index is 0. The maximum atomic E-state index is 10.0. The molecule has 0 radical (unpaired) electrons. The van der Waals surface area contributed by atoms with Gasteiger partial charge >= 0.3 is 43.9 Å². The quantitative estimate of drug-likeness (QED) is 0.0803. The first-order valence-corrected chi connectivity index (χ1v) is 21.3. The van der Waals surface area contributed by atoms with E-state index in [0.717, 1.165) is 45.5 Å². The number of hydrogen-bond donors (Lipinski definition) is 0. The van der Waals surface area contributed by atoms with Crippen LogP contribution in [0.25, 0.3) is 47.6 Å². The minimum atomic E-state index is -6.00. The number of carbonyl (C=O) groups excluding carboxylic acids is 2. The van der Waals surface area contributed by atoms with E-state index >= 15 is 0 Å². The second-order valence-corrected chi connectivity index (χ2v) is 14.5. The molecule has 0 amide bonds. The molecule has 16 nitrogen and oxygen atoms in total. The van der Waals surface area contributed by atoms with Gasteiger partial charge in [-0.3, -0.25) is 0 Å². The van der Waals surface area contributed by atoms with Crippen LogP contribution in [0.4, 0.5) is 44.1 Å². The van der Waals surface area contributed by atoms with Crippen molar-refractivity contribution in [3.05, 3.63) is 181 Å². The number of rotatable bonds is 8. The second kappa shape index (κ2) is 28.5. The zero-order valence-electron chi connectivity index (χ0n) is 38.3. The molecular formula is C46H42B2F8FeN10O6. The molecule has 2 aromatic carbocycles. The van der Waals surface area contributed by atoms with Gasteiger partial charge in [0.2, 0.25) is 0 Å². The van der Waals surface area contributed by atoms with Crippen LogP contribution in [0.5, 0.6) is 0 Å². The van der Waals surface area contributed by atoms with Crippen LogP contribution in [-0.4, -0.2) is 101 Å². The van der Waals surface area contributed by atoms with Gasteiger partial charge in [0.1, 0.15) is 25.4 Å². The van der Waals surface area contributed by atoms with Gasteiger partial charge in [-0.1, -0.05) is 85.0 Å². The van der Waals surface area contributed by atoms with Gasteiger partial charge in [0, 0.05) is 49.6 Å². The van der Waals surface area contributed by atoms with Crippen LogP contribution in [0.2, 0.25) is 0 Å². The van der Waals surface area contributed by atoms with E-state index in [1.165, 1.54) is 0 Å².